The van der Waals surface area contributed by atoms with Crippen LogP contribution in [0.1, 0.15) is 12.0 Å². The van der Waals surface area contributed by atoms with Crippen molar-refractivity contribution in [2.24, 2.45) is 0 Å². The second-order valence-corrected chi connectivity index (χ2v) is 7.31. The van der Waals surface area contributed by atoms with E-state index in [1.807, 2.05) is 0 Å². The van der Waals surface area contributed by atoms with E-state index in [1.165, 1.54) is 0 Å². The van der Waals surface area contributed by atoms with Crippen molar-refractivity contribution in [3.05, 3.63) is 58.9 Å². The third-order valence-corrected chi connectivity index (χ3v) is 4.94. The molecule has 0 bridgehead atoms. The molecule has 0 radical (unpaired) electrons. The average Bonchev–Trinajstić information content (AvgIpc) is 2.50. The number of carbonyl (C=O) groups is 1. The molecule has 2 N–H and O–H groups in total. The molecule has 0 unspecified atom stereocenters. The molecule has 0 aliphatic carbocycles. The first-order valence-electron chi connectivity index (χ1n) is 7.09. The zero-order valence-electron chi connectivity index (χ0n) is 12.8. The summed E-state index contributed by atoms with van der Waals surface area (Å²) in [4.78, 5) is 11.8. The van der Waals surface area contributed by atoms with Crippen LogP contribution in [-0.2, 0) is 14.8 Å². The number of amides is 1. The topological polar surface area (TPSA) is 75.3 Å². The van der Waals surface area contributed by atoms with E-state index in [4.69, 9.17) is 11.6 Å². The molecule has 1 amide bonds. The molecule has 0 heterocycles. The molecular formula is C16H16ClFN2O3S. The van der Waals surface area contributed by atoms with Crippen molar-refractivity contribution < 1.29 is 17.6 Å². The van der Waals surface area contributed by atoms with Crippen molar-refractivity contribution in [2.45, 2.75) is 18.2 Å². The summed E-state index contributed by atoms with van der Waals surface area (Å²) in [6, 6.07) is 9.49. The van der Waals surface area contributed by atoms with E-state index in [1.54, 1.807) is 25.1 Å². The summed E-state index contributed by atoms with van der Waals surface area (Å²) in [5.41, 5.74) is 1.42. The van der Waals surface area contributed by atoms with Gasteiger partial charge in [0.1, 0.15) is 5.82 Å². The third kappa shape index (κ3) is 5.02. The van der Waals surface area contributed by atoms with Crippen LogP contribution < -0.4 is 10.0 Å². The molecule has 0 spiro atoms. The molecule has 0 saturated heterocycles. The van der Waals surface area contributed by atoms with Gasteiger partial charge in [-0.1, -0.05) is 11.6 Å². The van der Waals surface area contributed by atoms with Gasteiger partial charge in [-0.2, -0.15) is 0 Å². The fourth-order valence-corrected chi connectivity index (χ4v) is 3.23. The maximum absolute atomic E-state index is 12.8. The summed E-state index contributed by atoms with van der Waals surface area (Å²) >= 11 is 5.84. The summed E-state index contributed by atoms with van der Waals surface area (Å²) in [5.74, 6) is -0.853. The number of hydrogen-bond donors (Lipinski definition) is 2. The van der Waals surface area contributed by atoms with E-state index < -0.39 is 15.8 Å². The maximum atomic E-state index is 12.8. The van der Waals surface area contributed by atoms with Crippen molar-refractivity contribution in [3.63, 3.8) is 0 Å². The second-order valence-electron chi connectivity index (χ2n) is 5.11. The van der Waals surface area contributed by atoms with Crippen molar-refractivity contribution >= 4 is 33.2 Å². The Morgan fingerprint density at radius 1 is 1.17 bits per heavy atom. The van der Waals surface area contributed by atoms with Gasteiger partial charge in [-0.15, -0.1) is 0 Å². The maximum Gasteiger partial charge on any atom is 0.240 e. The molecule has 0 aliphatic rings. The van der Waals surface area contributed by atoms with Gasteiger partial charge >= 0.3 is 0 Å². The number of carbonyl (C=O) groups excluding carboxylic acids is 1. The van der Waals surface area contributed by atoms with Crippen molar-refractivity contribution in [1.29, 1.82) is 0 Å². The summed E-state index contributed by atoms with van der Waals surface area (Å²) in [6.07, 6.45) is -0.0392. The average molecular weight is 371 g/mol. The fraction of sp³-hybridized carbons (Fsp3) is 0.188. The van der Waals surface area contributed by atoms with Crippen LogP contribution in [0.15, 0.2) is 47.4 Å². The van der Waals surface area contributed by atoms with Crippen LogP contribution in [0.25, 0.3) is 0 Å². The molecular weight excluding hydrogens is 355 g/mol. The Bertz CT molecular complexity index is 839. The minimum absolute atomic E-state index is 0.0392. The van der Waals surface area contributed by atoms with Crippen molar-refractivity contribution in [1.82, 2.24) is 4.72 Å². The number of anilines is 1. The number of hydrogen-bond acceptors (Lipinski definition) is 3. The third-order valence-electron chi connectivity index (χ3n) is 3.23. The molecule has 0 aromatic heterocycles. The molecule has 0 fully saturated rings. The Hall–Kier alpha value is -1.96. The van der Waals surface area contributed by atoms with E-state index in [-0.39, 0.29) is 23.8 Å². The van der Waals surface area contributed by atoms with Gasteiger partial charge in [0.15, 0.2) is 0 Å². The number of rotatable bonds is 6. The van der Waals surface area contributed by atoms with Crippen molar-refractivity contribution in [3.8, 4) is 0 Å². The fourth-order valence-electron chi connectivity index (χ4n) is 1.98. The summed E-state index contributed by atoms with van der Waals surface area (Å²) < 4.78 is 39.1. The van der Waals surface area contributed by atoms with Crippen LogP contribution >= 0.6 is 11.6 Å². The summed E-state index contributed by atoms with van der Waals surface area (Å²) in [6.45, 7) is 1.73. The van der Waals surface area contributed by atoms with Crippen LogP contribution in [0.4, 0.5) is 10.1 Å². The monoisotopic (exact) mass is 370 g/mol. The van der Waals surface area contributed by atoms with Gasteiger partial charge in [0.25, 0.3) is 0 Å². The van der Waals surface area contributed by atoms with Gasteiger partial charge in [-0.25, -0.2) is 17.5 Å². The van der Waals surface area contributed by atoms with Crippen LogP contribution in [0, 0.1) is 12.7 Å². The Balaban J connectivity index is 1.89. The number of benzene rings is 2. The molecule has 2 aromatic rings. The smallest absolute Gasteiger partial charge is 0.240 e. The first kappa shape index (κ1) is 18.4. The van der Waals surface area contributed by atoms with E-state index in [9.17, 15) is 17.6 Å². The van der Waals surface area contributed by atoms with Gasteiger partial charge in [0.2, 0.25) is 15.9 Å². The van der Waals surface area contributed by atoms with Crippen LogP contribution in [0.2, 0.25) is 5.02 Å². The standard InChI is InChI=1S/C16H16ClFN2O3S/c1-11-10-12(17)2-7-15(11)20-16(21)8-9-19-24(22,23)14-5-3-13(18)4-6-14/h2-7,10,19H,8-9H2,1H3,(H,20,21). The molecule has 0 atom stereocenters. The van der Waals surface area contributed by atoms with Crippen LogP contribution in [-0.4, -0.2) is 20.9 Å². The molecule has 8 heteroatoms. The highest BCUT2D eigenvalue weighted by atomic mass is 35.5. The van der Waals surface area contributed by atoms with Crippen LogP contribution in [0.3, 0.4) is 0 Å². The molecule has 0 saturated carbocycles. The molecule has 0 aliphatic heterocycles. The number of halogens is 2. The Morgan fingerprint density at radius 3 is 2.46 bits per heavy atom. The molecule has 2 rings (SSSR count). The lowest BCUT2D eigenvalue weighted by molar-refractivity contribution is -0.116. The lowest BCUT2D eigenvalue weighted by Gasteiger charge is -2.09. The second kappa shape index (κ2) is 7.74. The predicted octanol–water partition coefficient (Wildman–Crippen LogP) is 3.09. The van der Waals surface area contributed by atoms with Gasteiger partial charge in [0, 0.05) is 23.7 Å². The summed E-state index contributed by atoms with van der Waals surface area (Å²) in [7, 11) is -3.77. The van der Waals surface area contributed by atoms with E-state index in [0.717, 1.165) is 29.8 Å². The van der Waals surface area contributed by atoms with Gasteiger partial charge in [0.05, 0.1) is 4.90 Å². The number of sulfonamides is 1. The highest BCUT2D eigenvalue weighted by molar-refractivity contribution is 7.89. The molecule has 128 valence electrons. The SMILES string of the molecule is Cc1cc(Cl)ccc1NC(=O)CCNS(=O)(=O)c1ccc(F)cc1. The largest absolute Gasteiger partial charge is 0.326 e. The van der Waals surface area contributed by atoms with Gasteiger partial charge in [-0.05, 0) is 55.0 Å². The van der Waals surface area contributed by atoms with Gasteiger partial charge in [-0.3, -0.25) is 4.79 Å². The lowest BCUT2D eigenvalue weighted by atomic mass is 10.2. The number of aryl methyl sites for hydroxylation is 1. The van der Waals surface area contributed by atoms with Gasteiger partial charge < -0.3 is 5.32 Å². The molecule has 24 heavy (non-hydrogen) atoms. The first-order chi connectivity index (χ1) is 11.3. The molecule has 5 nitrogen and oxygen atoms in total. The van der Waals surface area contributed by atoms with E-state index >= 15 is 0 Å². The normalized spacial score (nSPS) is 11.3. The Kier molecular flexibility index (Phi) is 5.93. The highest BCUT2D eigenvalue weighted by Gasteiger charge is 2.14. The minimum atomic E-state index is -3.77. The quantitative estimate of drug-likeness (QED) is 0.820. The zero-order valence-corrected chi connectivity index (χ0v) is 14.4. The lowest BCUT2D eigenvalue weighted by Crippen LogP contribution is -2.28. The van der Waals surface area contributed by atoms with Crippen LogP contribution in [0.5, 0.6) is 0 Å². The number of nitrogens with one attached hydrogen (secondary N) is 2. The van der Waals surface area contributed by atoms with E-state index in [0.29, 0.717) is 10.7 Å². The Labute approximate surface area is 144 Å². The molecule has 2 aromatic carbocycles. The van der Waals surface area contributed by atoms with Crippen molar-refractivity contribution in [2.75, 3.05) is 11.9 Å². The minimum Gasteiger partial charge on any atom is -0.326 e. The first-order valence-corrected chi connectivity index (χ1v) is 8.95. The predicted molar refractivity (Wildman–Crippen MR) is 91.0 cm³/mol. The zero-order chi connectivity index (χ0) is 17.7. The van der Waals surface area contributed by atoms with E-state index in [2.05, 4.69) is 10.0 Å². The Morgan fingerprint density at radius 2 is 1.83 bits per heavy atom. The highest BCUT2D eigenvalue weighted by Crippen LogP contribution is 2.19. The summed E-state index contributed by atoms with van der Waals surface area (Å²) in [5, 5.41) is 3.26.